The standard InChI is InChI=1S/C21H16O3/c1-22-17-8-10-18(11-9-17)24-21-19(15-5-3-2-4-6-15)12-7-16-13-14-23-20(16)21/h2-14H,1H3. The van der Waals surface area contributed by atoms with E-state index in [1.54, 1.807) is 13.4 Å². The minimum atomic E-state index is 0.717. The van der Waals surface area contributed by atoms with Crippen LogP contribution in [-0.4, -0.2) is 7.11 Å². The molecule has 0 bridgehead atoms. The lowest BCUT2D eigenvalue weighted by Gasteiger charge is -2.12. The van der Waals surface area contributed by atoms with Crippen LogP contribution in [-0.2, 0) is 0 Å². The number of benzene rings is 3. The molecule has 0 aliphatic carbocycles. The lowest BCUT2D eigenvalue weighted by molar-refractivity contribution is 0.412. The maximum Gasteiger partial charge on any atom is 0.178 e. The molecule has 0 saturated carbocycles. The van der Waals surface area contributed by atoms with Gasteiger partial charge in [0.15, 0.2) is 11.3 Å². The Morgan fingerprint density at radius 1 is 0.750 bits per heavy atom. The Bertz CT molecular complexity index is 953. The van der Waals surface area contributed by atoms with E-state index in [-0.39, 0.29) is 0 Å². The largest absolute Gasteiger partial charge is 0.497 e. The normalized spacial score (nSPS) is 10.7. The molecular formula is C21H16O3. The molecule has 3 aromatic carbocycles. The van der Waals surface area contributed by atoms with E-state index in [4.69, 9.17) is 13.9 Å². The maximum atomic E-state index is 6.19. The molecule has 0 spiro atoms. The molecule has 0 saturated heterocycles. The molecule has 0 amide bonds. The monoisotopic (exact) mass is 316 g/mol. The van der Waals surface area contributed by atoms with Crippen LogP contribution in [0.25, 0.3) is 22.1 Å². The van der Waals surface area contributed by atoms with Gasteiger partial charge in [0.2, 0.25) is 0 Å². The van der Waals surface area contributed by atoms with Gasteiger partial charge in [0.25, 0.3) is 0 Å². The molecule has 1 heterocycles. The van der Waals surface area contributed by atoms with Crippen molar-refractivity contribution in [2.75, 3.05) is 7.11 Å². The summed E-state index contributed by atoms with van der Waals surface area (Å²) >= 11 is 0. The van der Waals surface area contributed by atoms with Crippen LogP contribution in [0.4, 0.5) is 0 Å². The summed E-state index contributed by atoms with van der Waals surface area (Å²) in [6, 6.07) is 23.7. The fourth-order valence-corrected chi connectivity index (χ4v) is 2.71. The van der Waals surface area contributed by atoms with Crippen molar-refractivity contribution in [1.29, 1.82) is 0 Å². The SMILES string of the molecule is COc1ccc(Oc2c(-c3ccccc3)ccc3ccoc23)cc1. The van der Waals surface area contributed by atoms with Gasteiger partial charge in [0, 0.05) is 10.9 Å². The van der Waals surface area contributed by atoms with Gasteiger partial charge < -0.3 is 13.9 Å². The number of fused-ring (bicyclic) bond motifs is 1. The smallest absolute Gasteiger partial charge is 0.178 e. The van der Waals surface area contributed by atoms with Crippen LogP contribution in [0.3, 0.4) is 0 Å². The first-order valence-electron chi connectivity index (χ1n) is 7.73. The summed E-state index contributed by atoms with van der Waals surface area (Å²) in [7, 11) is 1.65. The van der Waals surface area contributed by atoms with Crippen molar-refractivity contribution >= 4 is 11.0 Å². The Morgan fingerprint density at radius 3 is 2.25 bits per heavy atom. The zero-order valence-electron chi connectivity index (χ0n) is 13.2. The molecule has 3 nitrogen and oxygen atoms in total. The Morgan fingerprint density at radius 2 is 1.50 bits per heavy atom. The Hall–Kier alpha value is -3.20. The third kappa shape index (κ3) is 2.61. The van der Waals surface area contributed by atoms with E-state index in [1.165, 1.54) is 0 Å². The quantitative estimate of drug-likeness (QED) is 0.469. The topological polar surface area (TPSA) is 31.6 Å². The highest BCUT2D eigenvalue weighted by atomic mass is 16.5. The van der Waals surface area contributed by atoms with E-state index in [2.05, 4.69) is 18.2 Å². The molecular weight excluding hydrogens is 300 g/mol. The lowest BCUT2D eigenvalue weighted by Crippen LogP contribution is -1.90. The van der Waals surface area contributed by atoms with E-state index in [0.717, 1.165) is 33.6 Å². The third-order valence-electron chi connectivity index (χ3n) is 3.94. The molecule has 0 fully saturated rings. The van der Waals surface area contributed by atoms with Gasteiger partial charge in [-0.15, -0.1) is 0 Å². The van der Waals surface area contributed by atoms with Crippen molar-refractivity contribution in [3.8, 4) is 28.4 Å². The van der Waals surface area contributed by atoms with Crippen LogP contribution in [0, 0.1) is 0 Å². The Labute approximate surface area is 140 Å². The minimum Gasteiger partial charge on any atom is -0.497 e. The first kappa shape index (κ1) is 14.4. The van der Waals surface area contributed by atoms with Gasteiger partial charge in [-0.3, -0.25) is 0 Å². The van der Waals surface area contributed by atoms with Gasteiger partial charge in [0.05, 0.1) is 13.4 Å². The molecule has 0 unspecified atom stereocenters. The molecule has 4 rings (SSSR count). The number of rotatable bonds is 4. The highest BCUT2D eigenvalue weighted by molar-refractivity contribution is 5.91. The summed E-state index contributed by atoms with van der Waals surface area (Å²) in [4.78, 5) is 0. The summed E-state index contributed by atoms with van der Waals surface area (Å²) < 4.78 is 17.1. The summed E-state index contributed by atoms with van der Waals surface area (Å²) in [5.41, 5.74) is 2.82. The molecule has 0 N–H and O–H groups in total. The summed E-state index contributed by atoms with van der Waals surface area (Å²) in [5.74, 6) is 2.24. The van der Waals surface area contributed by atoms with Gasteiger partial charge in [-0.1, -0.05) is 36.4 Å². The fourth-order valence-electron chi connectivity index (χ4n) is 2.71. The second kappa shape index (κ2) is 6.13. The van der Waals surface area contributed by atoms with Crippen molar-refractivity contribution in [3.05, 3.63) is 79.1 Å². The molecule has 0 radical (unpaired) electrons. The van der Waals surface area contributed by atoms with E-state index < -0.39 is 0 Å². The minimum absolute atomic E-state index is 0.717. The first-order chi connectivity index (χ1) is 11.8. The zero-order chi connectivity index (χ0) is 16.4. The third-order valence-corrected chi connectivity index (χ3v) is 3.94. The molecule has 4 aromatic rings. The molecule has 0 atom stereocenters. The second-order valence-corrected chi connectivity index (χ2v) is 5.42. The van der Waals surface area contributed by atoms with Crippen molar-refractivity contribution < 1.29 is 13.9 Å². The summed E-state index contributed by atoms with van der Waals surface area (Å²) in [5, 5.41) is 1.01. The number of ether oxygens (including phenoxy) is 2. The van der Waals surface area contributed by atoms with Crippen LogP contribution in [0.2, 0.25) is 0 Å². The Kier molecular flexibility index (Phi) is 3.67. The number of hydrogen-bond donors (Lipinski definition) is 0. The predicted molar refractivity (Wildman–Crippen MR) is 94.7 cm³/mol. The predicted octanol–water partition coefficient (Wildman–Crippen LogP) is 5.90. The number of methoxy groups -OCH3 is 1. The molecule has 0 aliphatic heterocycles. The van der Waals surface area contributed by atoms with Crippen LogP contribution in [0.1, 0.15) is 0 Å². The molecule has 118 valence electrons. The van der Waals surface area contributed by atoms with Crippen molar-refractivity contribution in [2.24, 2.45) is 0 Å². The van der Waals surface area contributed by atoms with Crippen molar-refractivity contribution in [2.45, 2.75) is 0 Å². The fraction of sp³-hybridized carbons (Fsp3) is 0.0476. The lowest BCUT2D eigenvalue weighted by atomic mass is 10.0. The maximum absolute atomic E-state index is 6.19. The molecule has 1 aromatic heterocycles. The van der Waals surface area contributed by atoms with Gasteiger partial charge in [-0.2, -0.15) is 0 Å². The van der Waals surface area contributed by atoms with Gasteiger partial charge in [-0.25, -0.2) is 0 Å². The highest BCUT2D eigenvalue weighted by Crippen LogP contribution is 2.40. The molecule has 24 heavy (non-hydrogen) atoms. The highest BCUT2D eigenvalue weighted by Gasteiger charge is 2.14. The van der Waals surface area contributed by atoms with E-state index in [9.17, 15) is 0 Å². The van der Waals surface area contributed by atoms with Crippen LogP contribution < -0.4 is 9.47 Å². The first-order valence-corrected chi connectivity index (χ1v) is 7.73. The van der Waals surface area contributed by atoms with Crippen LogP contribution >= 0.6 is 0 Å². The number of hydrogen-bond acceptors (Lipinski definition) is 3. The average molecular weight is 316 g/mol. The average Bonchev–Trinajstić information content (AvgIpc) is 3.12. The second-order valence-electron chi connectivity index (χ2n) is 5.42. The summed E-state index contributed by atoms with van der Waals surface area (Å²) in [6.07, 6.45) is 1.68. The molecule has 0 aliphatic rings. The van der Waals surface area contributed by atoms with Gasteiger partial charge >= 0.3 is 0 Å². The van der Waals surface area contributed by atoms with Crippen molar-refractivity contribution in [1.82, 2.24) is 0 Å². The van der Waals surface area contributed by atoms with Gasteiger partial charge in [0.1, 0.15) is 11.5 Å². The van der Waals surface area contributed by atoms with E-state index in [1.807, 2.05) is 54.6 Å². The van der Waals surface area contributed by atoms with Crippen molar-refractivity contribution in [3.63, 3.8) is 0 Å². The zero-order valence-corrected chi connectivity index (χ0v) is 13.2. The number of furan rings is 1. The molecule has 3 heteroatoms. The van der Waals surface area contributed by atoms with Crippen LogP contribution in [0.15, 0.2) is 83.5 Å². The van der Waals surface area contributed by atoms with E-state index >= 15 is 0 Å². The Balaban J connectivity index is 1.83. The van der Waals surface area contributed by atoms with E-state index in [0.29, 0.717) is 5.75 Å². The summed E-state index contributed by atoms with van der Waals surface area (Å²) in [6.45, 7) is 0. The van der Waals surface area contributed by atoms with Gasteiger partial charge in [-0.05, 0) is 42.0 Å². The van der Waals surface area contributed by atoms with Crippen LogP contribution in [0.5, 0.6) is 17.2 Å².